The zero-order valence-electron chi connectivity index (χ0n) is 8.87. The second-order valence-corrected chi connectivity index (χ2v) is 3.95. The first-order valence-electron chi connectivity index (χ1n) is 4.46. The van der Waals surface area contributed by atoms with Gasteiger partial charge >= 0.3 is 12.1 Å². The number of hydrogen-bond donors (Lipinski definition) is 1. The molecule has 0 spiro atoms. The van der Waals surface area contributed by atoms with Gasteiger partial charge in [0.1, 0.15) is 5.60 Å². The minimum absolute atomic E-state index is 0.279. The summed E-state index contributed by atoms with van der Waals surface area (Å²) in [7, 11) is 0. The first-order valence-corrected chi connectivity index (χ1v) is 4.46. The Morgan fingerprint density at radius 3 is 2.47 bits per heavy atom. The van der Waals surface area contributed by atoms with Crippen molar-refractivity contribution in [3.8, 4) is 0 Å². The van der Waals surface area contributed by atoms with Crippen LogP contribution in [0.25, 0.3) is 0 Å². The molecule has 0 fully saturated rings. The van der Waals surface area contributed by atoms with Crippen LogP contribution < -0.4 is 0 Å². The summed E-state index contributed by atoms with van der Waals surface area (Å²) in [4.78, 5) is 25.0. The Hall–Kier alpha value is -1.78. The zero-order chi connectivity index (χ0) is 11.5. The van der Waals surface area contributed by atoms with Crippen LogP contribution in [-0.4, -0.2) is 22.7 Å². The van der Waals surface area contributed by atoms with E-state index in [0.29, 0.717) is 0 Å². The first kappa shape index (κ1) is 11.3. The van der Waals surface area contributed by atoms with Crippen LogP contribution in [0.4, 0.5) is 4.79 Å². The lowest BCUT2D eigenvalue weighted by Gasteiger charge is -2.17. The number of esters is 1. The van der Waals surface area contributed by atoms with Crippen LogP contribution in [0, 0.1) is 0 Å². The van der Waals surface area contributed by atoms with Crippen molar-refractivity contribution in [3.63, 3.8) is 0 Å². The Morgan fingerprint density at radius 1 is 1.33 bits per heavy atom. The largest absolute Gasteiger partial charge is 0.516 e. The van der Waals surface area contributed by atoms with Gasteiger partial charge in [-0.3, -0.25) is 0 Å². The highest BCUT2D eigenvalue weighted by Gasteiger charge is 2.21. The maximum atomic E-state index is 11.3. The van der Waals surface area contributed by atoms with Crippen LogP contribution in [0.3, 0.4) is 0 Å². The molecule has 0 atom stereocenters. The van der Waals surface area contributed by atoms with Gasteiger partial charge in [0, 0.05) is 12.4 Å². The van der Waals surface area contributed by atoms with Gasteiger partial charge in [0.05, 0.1) is 5.56 Å². The van der Waals surface area contributed by atoms with Crippen LogP contribution in [0.5, 0.6) is 0 Å². The minimum atomic E-state index is -0.992. The normalized spacial score (nSPS) is 10.9. The topological polar surface area (TPSA) is 68.4 Å². The maximum Gasteiger partial charge on any atom is 0.516 e. The SMILES string of the molecule is CC(C)(C)OC(=O)OC(=O)c1cc[nH]c1. The Balaban J connectivity index is 2.50. The number of ether oxygens (including phenoxy) is 2. The third-order valence-corrected chi connectivity index (χ3v) is 1.40. The number of aromatic nitrogens is 1. The van der Waals surface area contributed by atoms with Gasteiger partial charge in [-0.1, -0.05) is 0 Å². The van der Waals surface area contributed by atoms with Crippen molar-refractivity contribution in [1.82, 2.24) is 4.98 Å². The highest BCUT2D eigenvalue weighted by Crippen LogP contribution is 2.09. The van der Waals surface area contributed by atoms with Gasteiger partial charge in [-0.25, -0.2) is 9.59 Å². The van der Waals surface area contributed by atoms with E-state index in [2.05, 4.69) is 9.72 Å². The average Bonchev–Trinajstić information content (AvgIpc) is 2.50. The Labute approximate surface area is 87.4 Å². The highest BCUT2D eigenvalue weighted by atomic mass is 16.7. The van der Waals surface area contributed by atoms with E-state index in [9.17, 15) is 9.59 Å². The molecular formula is C10H13NO4. The fourth-order valence-corrected chi connectivity index (χ4v) is 0.856. The van der Waals surface area contributed by atoms with Crippen molar-refractivity contribution in [2.24, 2.45) is 0 Å². The number of carbonyl (C=O) groups excluding carboxylic acids is 2. The summed E-state index contributed by atoms with van der Waals surface area (Å²) in [5, 5.41) is 0. The van der Waals surface area contributed by atoms with Crippen molar-refractivity contribution in [3.05, 3.63) is 24.0 Å². The molecule has 0 bridgehead atoms. The molecule has 0 aromatic carbocycles. The van der Waals surface area contributed by atoms with Crippen molar-refractivity contribution in [1.29, 1.82) is 0 Å². The maximum absolute atomic E-state index is 11.3. The molecule has 0 amide bonds. The molecule has 1 aromatic rings. The Kier molecular flexibility index (Phi) is 3.14. The molecule has 0 saturated carbocycles. The van der Waals surface area contributed by atoms with Crippen LogP contribution >= 0.6 is 0 Å². The molecule has 0 saturated heterocycles. The van der Waals surface area contributed by atoms with E-state index in [4.69, 9.17) is 4.74 Å². The van der Waals surface area contributed by atoms with Gasteiger partial charge in [-0.15, -0.1) is 0 Å². The second kappa shape index (κ2) is 4.16. The van der Waals surface area contributed by atoms with Crippen LogP contribution in [0.1, 0.15) is 31.1 Å². The zero-order valence-corrected chi connectivity index (χ0v) is 8.87. The number of nitrogens with one attached hydrogen (secondary N) is 1. The van der Waals surface area contributed by atoms with Gasteiger partial charge < -0.3 is 14.5 Å². The summed E-state index contributed by atoms with van der Waals surface area (Å²) in [5.74, 6) is -0.731. The van der Waals surface area contributed by atoms with Crippen molar-refractivity contribution in [2.45, 2.75) is 26.4 Å². The number of carbonyl (C=O) groups is 2. The number of hydrogen-bond acceptors (Lipinski definition) is 4. The highest BCUT2D eigenvalue weighted by molar-refractivity contribution is 5.95. The lowest BCUT2D eigenvalue weighted by Crippen LogP contribution is -2.26. The molecule has 0 aliphatic heterocycles. The lowest BCUT2D eigenvalue weighted by atomic mass is 10.2. The van der Waals surface area contributed by atoms with E-state index in [-0.39, 0.29) is 5.56 Å². The second-order valence-electron chi connectivity index (χ2n) is 3.95. The van der Waals surface area contributed by atoms with E-state index < -0.39 is 17.7 Å². The predicted molar refractivity (Wildman–Crippen MR) is 52.4 cm³/mol. The van der Waals surface area contributed by atoms with E-state index in [1.807, 2.05) is 0 Å². The lowest BCUT2D eigenvalue weighted by molar-refractivity contribution is -0.00153. The Morgan fingerprint density at radius 2 is 2.00 bits per heavy atom. The quantitative estimate of drug-likeness (QED) is 0.570. The van der Waals surface area contributed by atoms with Crippen molar-refractivity contribution < 1.29 is 19.1 Å². The standard InChI is InChI=1S/C10H13NO4/c1-10(2,3)15-9(13)14-8(12)7-4-5-11-6-7/h4-6,11H,1-3H3. The predicted octanol–water partition coefficient (Wildman–Crippen LogP) is 2.11. The molecule has 1 N–H and O–H groups in total. The summed E-state index contributed by atoms with van der Waals surface area (Å²) in [5.41, 5.74) is -0.393. The summed E-state index contributed by atoms with van der Waals surface area (Å²) >= 11 is 0. The molecule has 0 radical (unpaired) electrons. The minimum Gasteiger partial charge on any atom is -0.428 e. The fraction of sp³-hybridized carbons (Fsp3) is 0.400. The number of H-pyrrole nitrogens is 1. The fourth-order valence-electron chi connectivity index (χ4n) is 0.856. The molecular weight excluding hydrogens is 198 g/mol. The molecule has 1 rings (SSSR count). The summed E-state index contributed by atoms with van der Waals surface area (Å²) in [6.07, 6.45) is 2.01. The van der Waals surface area contributed by atoms with Gasteiger partial charge in [0.2, 0.25) is 0 Å². The summed E-state index contributed by atoms with van der Waals surface area (Å²) in [6, 6.07) is 1.51. The average molecular weight is 211 g/mol. The molecule has 15 heavy (non-hydrogen) atoms. The van der Waals surface area contributed by atoms with E-state index >= 15 is 0 Å². The van der Waals surface area contributed by atoms with Gasteiger partial charge in [0.25, 0.3) is 0 Å². The van der Waals surface area contributed by atoms with Gasteiger partial charge in [0.15, 0.2) is 0 Å². The van der Waals surface area contributed by atoms with Crippen molar-refractivity contribution in [2.75, 3.05) is 0 Å². The van der Waals surface area contributed by atoms with Crippen LogP contribution in [0.2, 0.25) is 0 Å². The molecule has 5 heteroatoms. The van der Waals surface area contributed by atoms with E-state index in [0.717, 1.165) is 0 Å². The molecule has 0 unspecified atom stereocenters. The molecule has 1 aromatic heterocycles. The van der Waals surface area contributed by atoms with Gasteiger partial charge in [-0.2, -0.15) is 0 Å². The smallest absolute Gasteiger partial charge is 0.428 e. The first-order chi connectivity index (χ1) is 6.88. The van der Waals surface area contributed by atoms with Crippen LogP contribution in [-0.2, 0) is 9.47 Å². The third-order valence-electron chi connectivity index (χ3n) is 1.40. The molecule has 5 nitrogen and oxygen atoms in total. The monoisotopic (exact) mass is 211 g/mol. The van der Waals surface area contributed by atoms with Gasteiger partial charge in [-0.05, 0) is 26.8 Å². The number of aromatic amines is 1. The van der Waals surface area contributed by atoms with E-state index in [1.54, 1.807) is 27.0 Å². The summed E-state index contributed by atoms with van der Waals surface area (Å²) in [6.45, 7) is 5.07. The third kappa shape index (κ3) is 3.84. The summed E-state index contributed by atoms with van der Waals surface area (Å²) < 4.78 is 9.26. The molecule has 82 valence electrons. The number of rotatable bonds is 1. The van der Waals surface area contributed by atoms with Crippen LogP contribution in [0.15, 0.2) is 18.5 Å². The molecule has 1 heterocycles. The molecule has 0 aliphatic carbocycles. The van der Waals surface area contributed by atoms with Crippen molar-refractivity contribution >= 4 is 12.1 Å². The molecule has 0 aliphatic rings. The van der Waals surface area contributed by atoms with E-state index in [1.165, 1.54) is 12.3 Å². The Bertz CT molecular complexity index is 348.